The molecule has 1 saturated heterocycles. The zero-order valence-corrected chi connectivity index (χ0v) is 15.2. The van der Waals surface area contributed by atoms with Gasteiger partial charge >= 0.3 is 0 Å². The van der Waals surface area contributed by atoms with Gasteiger partial charge in [0, 0.05) is 24.2 Å². The van der Waals surface area contributed by atoms with E-state index in [1.807, 2.05) is 0 Å². The maximum Gasteiger partial charge on any atom is 0.271 e. The second kappa shape index (κ2) is 8.61. The lowest BCUT2D eigenvalue weighted by Crippen LogP contribution is -2.28. The van der Waals surface area contributed by atoms with Gasteiger partial charge in [0.2, 0.25) is 11.8 Å². The average molecular weight is 402 g/mol. The number of benzene rings is 2. The summed E-state index contributed by atoms with van der Waals surface area (Å²) in [5, 5.41) is 15.7. The van der Waals surface area contributed by atoms with Crippen LogP contribution < -0.4 is 10.6 Å². The monoisotopic (exact) mass is 402 g/mol. The van der Waals surface area contributed by atoms with Gasteiger partial charge in [0.15, 0.2) is 5.17 Å². The molecule has 0 spiro atoms. The number of nitrogens with zero attached hydrogens (tertiary/aromatic N) is 2. The molecule has 8 nitrogen and oxygen atoms in total. The minimum absolute atomic E-state index is 0.102. The van der Waals surface area contributed by atoms with Gasteiger partial charge in [-0.2, -0.15) is 0 Å². The van der Waals surface area contributed by atoms with Gasteiger partial charge in [-0.3, -0.25) is 24.7 Å². The third-order valence-corrected chi connectivity index (χ3v) is 4.93. The molecule has 2 N–H and O–H groups in total. The Morgan fingerprint density at radius 2 is 2.04 bits per heavy atom. The van der Waals surface area contributed by atoms with E-state index >= 15 is 0 Å². The van der Waals surface area contributed by atoms with E-state index in [-0.39, 0.29) is 36.1 Å². The molecular weight excluding hydrogens is 387 g/mol. The van der Waals surface area contributed by atoms with Crippen molar-refractivity contribution in [3.8, 4) is 0 Å². The summed E-state index contributed by atoms with van der Waals surface area (Å²) in [5.41, 5.74) is 0.935. The number of hydrogen-bond donors (Lipinski definition) is 2. The topological polar surface area (TPSA) is 114 Å². The van der Waals surface area contributed by atoms with E-state index in [2.05, 4.69) is 15.6 Å². The molecule has 2 aromatic carbocycles. The molecule has 1 heterocycles. The van der Waals surface area contributed by atoms with Crippen LogP contribution in [0.1, 0.15) is 12.0 Å². The van der Waals surface area contributed by atoms with E-state index in [0.717, 1.165) is 17.3 Å². The minimum Gasteiger partial charge on any atom is -0.326 e. The number of nitro benzene ring substituents is 1. The fraction of sp³-hybridized carbons (Fsp3) is 0.167. The molecule has 2 aromatic rings. The number of rotatable bonds is 6. The third-order valence-electron chi connectivity index (χ3n) is 3.81. The molecule has 10 heteroatoms. The van der Waals surface area contributed by atoms with Crippen molar-refractivity contribution < 1.29 is 18.9 Å². The van der Waals surface area contributed by atoms with E-state index in [1.54, 1.807) is 12.1 Å². The molecule has 3 rings (SSSR count). The second-order valence-electron chi connectivity index (χ2n) is 5.90. The molecular formula is C18H15FN4O4S. The molecule has 1 fully saturated rings. The Morgan fingerprint density at radius 3 is 2.75 bits per heavy atom. The lowest BCUT2D eigenvalue weighted by Gasteiger charge is -2.07. The lowest BCUT2D eigenvalue weighted by atomic mass is 10.2. The van der Waals surface area contributed by atoms with E-state index in [4.69, 9.17) is 0 Å². The van der Waals surface area contributed by atoms with Crippen molar-refractivity contribution in [2.75, 3.05) is 5.32 Å². The van der Waals surface area contributed by atoms with Crippen molar-refractivity contribution in [1.29, 1.82) is 0 Å². The second-order valence-corrected chi connectivity index (χ2v) is 7.09. The van der Waals surface area contributed by atoms with Gasteiger partial charge in [-0.1, -0.05) is 30.0 Å². The van der Waals surface area contributed by atoms with E-state index < -0.39 is 16.1 Å². The van der Waals surface area contributed by atoms with Crippen LogP contribution in [0.4, 0.5) is 15.8 Å². The van der Waals surface area contributed by atoms with Crippen LogP contribution in [0.3, 0.4) is 0 Å². The number of amidine groups is 1. The molecule has 0 radical (unpaired) electrons. The lowest BCUT2D eigenvalue weighted by molar-refractivity contribution is -0.384. The number of anilines is 1. The zero-order chi connectivity index (χ0) is 20.1. The van der Waals surface area contributed by atoms with Crippen molar-refractivity contribution in [3.05, 3.63) is 70.0 Å². The standard InChI is InChI=1S/C18H15FN4O4S/c19-12-6-4-11(5-7-12)10-20-18-22-17(25)15(28-18)9-16(24)21-13-2-1-3-14(8-13)23(26)27/h1-8,15H,9-10H2,(H,21,24)(H,20,22,25)/t15-/m1/s1. The summed E-state index contributed by atoms with van der Waals surface area (Å²) in [7, 11) is 0. The predicted octanol–water partition coefficient (Wildman–Crippen LogP) is 2.85. The summed E-state index contributed by atoms with van der Waals surface area (Å²) >= 11 is 1.13. The fourth-order valence-electron chi connectivity index (χ4n) is 2.45. The van der Waals surface area contributed by atoms with Gasteiger partial charge in [0.05, 0.1) is 11.5 Å². The maximum atomic E-state index is 12.9. The largest absolute Gasteiger partial charge is 0.326 e. The van der Waals surface area contributed by atoms with Gasteiger partial charge < -0.3 is 10.6 Å². The van der Waals surface area contributed by atoms with Crippen LogP contribution in [0.5, 0.6) is 0 Å². The number of halogens is 1. The molecule has 1 aliphatic heterocycles. The van der Waals surface area contributed by atoms with Gasteiger partial charge in [0.25, 0.3) is 5.69 Å². The summed E-state index contributed by atoms with van der Waals surface area (Å²) < 4.78 is 12.9. The summed E-state index contributed by atoms with van der Waals surface area (Å²) in [5.74, 6) is -1.11. The third kappa shape index (κ3) is 5.13. The number of nitrogens with one attached hydrogen (secondary N) is 2. The Morgan fingerprint density at radius 1 is 1.29 bits per heavy atom. The normalized spacial score (nSPS) is 17.4. The molecule has 1 aliphatic rings. The van der Waals surface area contributed by atoms with Crippen molar-refractivity contribution in [2.24, 2.45) is 4.99 Å². The predicted molar refractivity (Wildman–Crippen MR) is 103 cm³/mol. The first kappa shape index (κ1) is 19.5. The van der Waals surface area contributed by atoms with E-state index in [0.29, 0.717) is 5.17 Å². The van der Waals surface area contributed by atoms with Crippen molar-refractivity contribution >= 4 is 40.1 Å². The molecule has 0 unspecified atom stereocenters. The minimum atomic E-state index is -0.648. The highest BCUT2D eigenvalue weighted by molar-refractivity contribution is 8.15. The summed E-state index contributed by atoms with van der Waals surface area (Å²) in [6, 6.07) is 11.4. The van der Waals surface area contributed by atoms with Crippen molar-refractivity contribution in [2.45, 2.75) is 18.2 Å². The zero-order valence-electron chi connectivity index (χ0n) is 14.4. The first-order chi connectivity index (χ1) is 13.4. The van der Waals surface area contributed by atoms with Gasteiger partial charge in [0.1, 0.15) is 11.1 Å². The molecule has 144 valence electrons. The van der Waals surface area contributed by atoms with Crippen LogP contribution in [0.2, 0.25) is 0 Å². The van der Waals surface area contributed by atoms with E-state index in [9.17, 15) is 24.1 Å². The van der Waals surface area contributed by atoms with E-state index in [1.165, 1.54) is 36.4 Å². The highest BCUT2D eigenvalue weighted by Crippen LogP contribution is 2.24. The van der Waals surface area contributed by atoms with Gasteiger partial charge in [-0.25, -0.2) is 4.39 Å². The molecule has 28 heavy (non-hydrogen) atoms. The fourth-order valence-corrected chi connectivity index (χ4v) is 3.41. The SMILES string of the molecule is O=C(C[C@H]1SC(=NCc2ccc(F)cc2)NC1=O)Nc1cccc([N+](=O)[O-])c1. The molecule has 0 bridgehead atoms. The van der Waals surface area contributed by atoms with Crippen LogP contribution in [0.25, 0.3) is 0 Å². The summed E-state index contributed by atoms with van der Waals surface area (Å²) in [6.45, 7) is 0.273. The van der Waals surface area contributed by atoms with Crippen molar-refractivity contribution in [1.82, 2.24) is 5.32 Å². The number of carbonyl (C=O) groups excluding carboxylic acids is 2. The van der Waals surface area contributed by atoms with Crippen LogP contribution in [0, 0.1) is 15.9 Å². The van der Waals surface area contributed by atoms with Crippen LogP contribution in [0.15, 0.2) is 53.5 Å². The molecule has 1 atom stereocenters. The highest BCUT2D eigenvalue weighted by atomic mass is 32.2. The first-order valence-corrected chi connectivity index (χ1v) is 9.09. The summed E-state index contributed by atoms with van der Waals surface area (Å²) in [6.07, 6.45) is -0.102. The van der Waals surface area contributed by atoms with Crippen molar-refractivity contribution in [3.63, 3.8) is 0 Å². The Labute approximate surface area is 163 Å². The average Bonchev–Trinajstić information content (AvgIpc) is 3.00. The van der Waals surface area contributed by atoms with Crippen LogP contribution in [-0.4, -0.2) is 27.2 Å². The number of nitro groups is 1. The van der Waals surface area contributed by atoms with Gasteiger partial charge in [-0.05, 0) is 23.8 Å². The number of thioether (sulfide) groups is 1. The molecule has 0 aromatic heterocycles. The van der Waals surface area contributed by atoms with Crippen LogP contribution in [-0.2, 0) is 16.1 Å². The van der Waals surface area contributed by atoms with Gasteiger partial charge in [-0.15, -0.1) is 0 Å². The number of amides is 2. The number of carbonyl (C=O) groups is 2. The number of non-ortho nitro benzene ring substituents is 1. The number of aliphatic imine (C=N–C) groups is 1. The maximum absolute atomic E-state index is 12.9. The summed E-state index contributed by atoms with van der Waals surface area (Å²) in [4.78, 5) is 38.7. The smallest absolute Gasteiger partial charge is 0.271 e. The Kier molecular flexibility index (Phi) is 5.99. The Bertz CT molecular complexity index is 949. The molecule has 0 aliphatic carbocycles. The Hall–Kier alpha value is -3.27. The Balaban J connectivity index is 1.55. The first-order valence-electron chi connectivity index (χ1n) is 8.21. The quantitative estimate of drug-likeness (QED) is 0.570. The molecule has 0 saturated carbocycles. The molecule has 2 amide bonds. The van der Waals surface area contributed by atoms with Crippen LogP contribution >= 0.6 is 11.8 Å². The highest BCUT2D eigenvalue weighted by Gasteiger charge is 2.32. The number of hydrogen-bond acceptors (Lipinski definition) is 6.